The fourth-order valence-corrected chi connectivity index (χ4v) is 5.73. The molecule has 192 valence electrons. The van der Waals surface area contributed by atoms with Crippen molar-refractivity contribution in [2.45, 2.75) is 44.9 Å². The zero-order chi connectivity index (χ0) is 25.2. The molecule has 4 heterocycles. The normalized spacial score (nSPS) is 24.5. The van der Waals surface area contributed by atoms with E-state index in [-0.39, 0.29) is 30.0 Å². The number of piperidine rings is 1. The summed E-state index contributed by atoms with van der Waals surface area (Å²) in [5.74, 6) is -0.304. The lowest BCUT2D eigenvalue weighted by Gasteiger charge is -2.43. The summed E-state index contributed by atoms with van der Waals surface area (Å²) < 4.78 is 14.6. The van der Waals surface area contributed by atoms with Crippen LogP contribution in [0.2, 0.25) is 0 Å². The number of β-amino-alcohol motifs (C(OH)–C–C–N with tert-alkyl or cyclic N) is 1. The smallest absolute Gasteiger partial charge is 0.257 e. The number of aliphatic hydroxyl groups excluding tert-OH is 1. The van der Waals surface area contributed by atoms with Gasteiger partial charge in [-0.2, -0.15) is 0 Å². The SMILES string of the molecule is CC(=O)N1CC[C@@H](CNc2cc(C(=O)N3CC[C@H](N4CCc5ccccc5C4)[C@@H](O)C3)c(F)cn2)C1. The molecule has 8 nitrogen and oxygen atoms in total. The highest BCUT2D eigenvalue weighted by atomic mass is 19.1. The van der Waals surface area contributed by atoms with Gasteiger partial charge in [0.15, 0.2) is 5.82 Å². The van der Waals surface area contributed by atoms with Crippen molar-refractivity contribution in [3.8, 4) is 0 Å². The van der Waals surface area contributed by atoms with E-state index in [0.29, 0.717) is 31.9 Å². The fraction of sp³-hybridized carbons (Fsp3) is 0.519. The van der Waals surface area contributed by atoms with Crippen LogP contribution in [-0.4, -0.2) is 88.0 Å². The first-order valence-electron chi connectivity index (χ1n) is 12.8. The average Bonchev–Trinajstić information content (AvgIpc) is 3.37. The molecule has 0 spiro atoms. The van der Waals surface area contributed by atoms with E-state index in [4.69, 9.17) is 0 Å². The second-order valence-electron chi connectivity index (χ2n) is 10.2. The molecule has 3 atom stereocenters. The lowest BCUT2D eigenvalue weighted by atomic mass is 9.94. The summed E-state index contributed by atoms with van der Waals surface area (Å²) in [6.45, 7) is 5.91. The zero-order valence-electron chi connectivity index (χ0n) is 20.7. The Bertz CT molecular complexity index is 1130. The number of likely N-dealkylation sites (tertiary alicyclic amines) is 2. The maximum absolute atomic E-state index is 14.6. The number of fused-ring (bicyclic) bond motifs is 1. The number of nitrogens with zero attached hydrogens (tertiary/aromatic N) is 4. The summed E-state index contributed by atoms with van der Waals surface area (Å²) >= 11 is 0. The number of carbonyl (C=O) groups is 2. The molecule has 2 amide bonds. The Hall–Kier alpha value is -3.04. The number of carbonyl (C=O) groups excluding carboxylic acids is 2. The average molecular weight is 496 g/mol. The van der Waals surface area contributed by atoms with Gasteiger partial charge in [0.05, 0.1) is 17.9 Å². The third-order valence-corrected chi connectivity index (χ3v) is 7.85. The van der Waals surface area contributed by atoms with Gasteiger partial charge in [0, 0.05) is 58.8 Å². The maximum Gasteiger partial charge on any atom is 0.257 e. The maximum atomic E-state index is 14.6. The minimum Gasteiger partial charge on any atom is -0.390 e. The minimum atomic E-state index is -0.693. The Morgan fingerprint density at radius 2 is 1.89 bits per heavy atom. The summed E-state index contributed by atoms with van der Waals surface area (Å²) in [7, 11) is 0. The van der Waals surface area contributed by atoms with Crippen molar-refractivity contribution in [3.63, 3.8) is 0 Å². The van der Waals surface area contributed by atoms with Gasteiger partial charge in [-0.25, -0.2) is 9.37 Å². The van der Waals surface area contributed by atoms with E-state index in [1.165, 1.54) is 17.2 Å². The first kappa shape index (κ1) is 24.6. The number of amides is 2. The molecule has 3 aliphatic rings. The number of benzene rings is 1. The summed E-state index contributed by atoms with van der Waals surface area (Å²) in [4.78, 5) is 34.5. The number of hydrogen-bond donors (Lipinski definition) is 2. The molecule has 0 aliphatic carbocycles. The van der Waals surface area contributed by atoms with Crippen LogP contribution in [0.3, 0.4) is 0 Å². The van der Waals surface area contributed by atoms with Crippen molar-refractivity contribution in [2.24, 2.45) is 5.92 Å². The van der Waals surface area contributed by atoms with Gasteiger partial charge in [-0.1, -0.05) is 24.3 Å². The van der Waals surface area contributed by atoms with Crippen LogP contribution in [0.5, 0.6) is 0 Å². The summed E-state index contributed by atoms with van der Waals surface area (Å²) in [5.41, 5.74) is 2.61. The molecule has 0 unspecified atom stereocenters. The van der Waals surface area contributed by atoms with Crippen LogP contribution < -0.4 is 5.32 Å². The number of nitrogens with one attached hydrogen (secondary N) is 1. The molecule has 2 fully saturated rings. The van der Waals surface area contributed by atoms with Crippen LogP contribution in [0.15, 0.2) is 36.5 Å². The van der Waals surface area contributed by atoms with Crippen molar-refractivity contribution in [1.82, 2.24) is 19.7 Å². The number of hydrogen-bond acceptors (Lipinski definition) is 6. The van der Waals surface area contributed by atoms with Crippen molar-refractivity contribution in [1.29, 1.82) is 0 Å². The van der Waals surface area contributed by atoms with Crippen molar-refractivity contribution in [3.05, 3.63) is 59.0 Å². The molecule has 0 bridgehead atoms. The topological polar surface area (TPSA) is 89.0 Å². The number of rotatable bonds is 5. The van der Waals surface area contributed by atoms with E-state index in [0.717, 1.165) is 38.7 Å². The molecule has 5 rings (SSSR count). The highest BCUT2D eigenvalue weighted by Gasteiger charge is 2.36. The van der Waals surface area contributed by atoms with Gasteiger partial charge < -0.3 is 20.2 Å². The molecule has 2 aromatic rings. The molecule has 0 radical (unpaired) electrons. The third-order valence-electron chi connectivity index (χ3n) is 7.85. The Balaban J connectivity index is 1.19. The van der Waals surface area contributed by atoms with Crippen LogP contribution in [0, 0.1) is 11.7 Å². The van der Waals surface area contributed by atoms with Crippen LogP contribution in [0.4, 0.5) is 10.2 Å². The molecular weight excluding hydrogens is 461 g/mol. The summed E-state index contributed by atoms with van der Waals surface area (Å²) in [5, 5.41) is 14.1. The van der Waals surface area contributed by atoms with E-state index < -0.39 is 17.8 Å². The van der Waals surface area contributed by atoms with E-state index in [9.17, 15) is 19.1 Å². The lowest BCUT2D eigenvalue weighted by molar-refractivity contribution is -0.127. The molecule has 3 aliphatic heterocycles. The molecule has 1 aromatic carbocycles. The van der Waals surface area contributed by atoms with Gasteiger partial charge in [-0.3, -0.25) is 14.5 Å². The van der Waals surface area contributed by atoms with E-state index in [2.05, 4.69) is 33.4 Å². The quantitative estimate of drug-likeness (QED) is 0.661. The van der Waals surface area contributed by atoms with Gasteiger partial charge >= 0.3 is 0 Å². The first-order chi connectivity index (χ1) is 17.4. The third kappa shape index (κ3) is 5.22. The number of aromatic nitrogens is 1. The Kier molecular flexibility index (Phi) is 7.20. The van der Waals surface area contributed by atoms with E-state index in [1.54, 1.807) is 11.8 Å². The second kappa shape index (κ2) is 10.5. The molecule has 9 heteroatoms. The Morgan fingerprint density at radius 3 is 2.64 bits per heavy atom. The molecule has 2 N–H and O–H groups in total. The molecule has 2 saturated heterocycles. The standard InChI is InChI=1S/C27H34FN5O3/c1-18(34)31-9-6-19(15-31)13-29-26-12-22(23(28)14-30-26)27(36)33-11-8-24(25(35)17-33)32-10-7-20-4-2-3-5-21(20)16-32/h2-5,12,14,19,24-25,35H,6-11,13,15-17H2,1H3,(H,29,30)/t19-,24-,25-/m0/s1. The van der Waals surface area contributed by atoms with Gasteiger partial charge in [0.1, 0.15) is 5.82 Å². The van der Waals surface area contributed by atoms with E-state index >= 15 is 0 Å². The highest BCUT2D eigenvalue weighted by molar-refractivity contribution is 5.95. The zero-order valence-corrected chi connectivity index (χ0v) is 20.7. The number of anilines is 1. The fourth-order valence-electron chi connectivity index (χ4n) is 5.73. The van der Waals surface area contributed by atoms with Crippen molar-refractivity contribution < 1.29 is 19.1 Å². The predicted octanol–water partition coefficient (Wildman–Crippen LogP) is 2.13. The summed E-state index contributed by atoms with van der Waals surface area (Å²) in [6.07, 6.45) is 2.87. The van der Waals surface area contributed by atoms with Crippen molar-refractivity contribution >= 4 is 17.6 Å². The van der Waals surface area contributed by atoms with Crippen LogP contribution in [0.1, 0.15) is 41.3 Å². The first-order valence-corrected chi connectivity index (χ1v) is 12.8. The second-order valence-corrected chi connectivity index (χ2v) is 10.2. The highest BCUT2D eigenvalue weighted by Crippen LogP contribution is 2.26. The van der Waals surface area contributed by atoms with Crippen LogP contribution >= 0.6 is 0 Å². The van der Waals surface area contributed by atoms with Crippen LogP contribution in [-0.2, 0) is 17.8 Å². The lowest BCUT2D eigenvalue weighted by Crippen LogP contribution is -2.56. The van der Waals surface area contributed by atoms with Gasteiger partial charge in [0.2, 0.25) is 5.91 Å². The van der Waals surface area contributed by atoms with Gasteiger partial charge in [-0.05, 0) is 42.4 Å². The molecular formula is C27H34FN5O3. The number of halogens is 1. The molecule has 1 aromatic heterocycles. The summed E-state index contributed by atoms with van der Waals surface area (Å²) in [6, 6.07) is 9.82. The number of aliphatic hydroxyl groups is 1. The molecule has 36 heavy (non-hydrogen) atoms. The molecule has 0 saturated carbocycles. The predicted molar refractivity (Wildman–Crippen MR) is 134 cm³/mol. The van der Waals surface area contributed by atoms with Gasteiger partial charge in [-0.15, -0.1) is 0 Å². The van der Waals surface area contributed by atoms with Gasteiger partial charge in [0.25, 0.3) is 5.91 Å². The largest absolute Gasteiger partial charge is 0.390 e. The Morgan fingerprint density at radius 1 is 1.11 bits per heavy atom. The van der Waals surface area contributed by atoms with Crippen molar-refractivity contribution in [2.75, 3.05) is 44.6 Å². The monoisotopic (exact) mass is 495 g/mol. The van der Waals surface area contributed by atoms with Crippen LogP contribution in [0.25, 0.3) is 0 Å². The Labute approximate surface area is 211 Å². The number of pyridine rings is 1. The van der Waals surface area contributed by atoms with E-state index in [1.807, 2.05) is 11.0 Å². The minimum absolute atomic E-state index is 0.0251.